The summed E-state index contributed by atoms with van der Waals surface area (Å²) in [7, 11) is -3.81. The van der Waals surface area contributed by atoms with Crippen molar-refractivity contribution in [3.05, 3.63) is 83.4 Å². The number of carboxylic acids is 1. The Hall–Kier alpha value is -4.16. The largest absolute Gasteiger partial charge is 0.480 e. The van der Waals surface area contributed by atoms with Crippen LogP contribution >= 0.6 is 0 Å². The molecule has 0 saturated heterocycles. The van der Waals surface area contributed by atoms with E-state index in [0.717, 1.165) is 16.7 Å². The Kier molecular flexibility index (Phi) is 6.33. The van der Waals surface area contributed by atoms with Crippen LogP contribution in [0.25, 0.3) is 11.1 Å². The van der Waals surface area contributed by atoms with Crippen molar-refractivity contribution >= 4 is 27.6 Å². The summed E-state index contributed by atoms with van der Waals surface area (Å²) in [5.74, 6) is -1.55. The summed E-state index contributed by atoms with van der Waals surface area (Å²) in [5, 5.41) is 18.5. The zero-order valence-corrected chi connectivity index (χ0v) is 19.9. The molecule has 178 valence electrons. The number of carbonyl (C=O) groups is 2. The predicted octanol–water partition coefficient (Wildman–Crippen LogP) is 4.09. The smallest absolute Gasteiger partial charge is 0.326 e. The third kappa shape index (κ3) is 4.74. The number of nitrogens with zero attached hydrogens (tertiary/aromatic N) is 2. The molecule has 8 nitrogen and oxygen atoms in total. The summed E-state index contributed by atoms with van der Waals surface area (Å²) in [5.41, 5.74) is 3.64. The molecule has 1 aliphatic rings. The second-order valence-corrected chi connectivity index (χ2v) is 10.3. The van der Waals surface area contributed by atoms with Gasteiger partial charge in [0.15, 0.2) is 0 Å². The molecule has 0 spiro atoms. The van der Waals surface area contributed by atoms with E-state index in [9.17, 15) is 23.1 Å². The maximum atomic E-state index is 12.8. The molecule has 0 saturated carbocycles. The highest BCUT2D eigenvalue weighted by atomic mass is 32.2. The van der Waals surface area contributed by atoms with Crippen molar-refractivity contribution in [1.29, 1.82) is 5.26 Å². The number of hydrogen-bond acceptors (Lipinski definition) is 5. The number of nitriles is 1. The number of sulfonamides is 1. The molecular weight excluding hydrogens is 466 g/mol. The van der Waals surface area contributed by atoms with Crippen molar-refractivity contribution in [2.24, 2.45) is 5.92 Å². The first-order valence-corrected chi connectivity index (χ1v) is 12.4. The molecule has 0 bridgehead atoms. The lowest BCUT2D eigenvalue weighted by molar-refractivity contribution is -0.144. The third-order valence-corrected chi connectivity index (χ3v) is 7.32. The van der Waals surface area contributed by atoms with E-state index in [1.165, 1.54) is 29.2 Å². The van der Waals surface area contributed by atoms with E-state index in [4.69, 9.17) is 5.26 Å². The number of anilines is 1. The van der Waals surface area contributed by atoms with Crippen molar-refractivity contribution in [3.63, 3.8) is 0 Å². The molecule has 3 aromatic rings. The molecular formula is C26H23N3O5S. The molecule has 1 aliphatic heterocycles. The van der Waals surface area contributed by atoms with E-state index in [1.807, 2.05) is 12.1 Å². The minimum atomic E-state index is -3.81. The van der Waals surface area contributed by atoms with Crippen molar-refractivity contribution in [2.75, 3.05) is 4.72 Å². The second kappa shape index (κ2) is 9.24. The fraction of sp³-hybridized carbons (Fsp3) is 0.192. The van der Waals surface area contributed by atoms with E-state index in [1.54, 1.807) is 50.2 Å². The maximum Gasteiger partial charge on any atom is 0.326 e. The summed E-state index contributed by atoms with van der Waals surface area (Å²) in [6.07, 6.45) is 0. The first-order chi connectivity index (χ1) is 16.6. The number of carbonyl (C=O) groups excluding carboxylic acids is 1. The van der Waals surface area contributed by atoms with Crippen LogP contribution in [0, 0.1) is 17.2 Å². The molecule has 0 radical (unpaired) electrons. The van der Waals surface area contributed by atoms with Crippen molar-refractivity contribution in [1.82, 2.24) is 4.90 Å². The average molecular weight is 490 g/mol. The minimum absolute atomic E-state index is 0.0504. The Morgan fingerprint density at radius 3 is 2.23 bits per heavy atom. The second-order valence-electron chi connectivity index (χ2n) is 8.65. The Balaban J connectivity index is 1.53. The first kappa shape index (κ1) is 24.0. The van der Waals surface area contributed by atoms with Crippen LogP contribution < -0.4 is 4.72 Å². The quantitative estimate of drug-likeness (QED) is 0.515. The van der Waals surface area contributed by atoms with Crippen LogP contribution in [0.4, 0.5) is 5.69 Å². The van der Waals surface area contributed by atoms with Gasteiger partial charge in [0.1, 0.15) is 6.04 Å². The fourth-order valence-corrected chi connectivity index (χ4v) is 5.24. The lowest BCUT2D eigenvalue weighted by Gasteiger charge is -2.27. The van der Waals surface area contributed by atoms with Crippen LogP contribution in [-0.2, 0) is 21.4 Å². The number of fused-ring (bicyclic) bond motifs is 1. The first-order valence-electron chi connectivity index (χ1n) is 10.9. The summed E-state index contributed by atoms with van der Waals surface area (Å²) in [4.78, 5) is 26.0. The summed E-state index contributed by atoms with van der Waals surface area (Å²) in [6.45, 7) is 3.77. The van der Waals surface area contributed by atoms with Gasteiger partial charge in [0, 0.05) is 17.8 Å². The molecule has 4 rings (SSSR count). The third-order valence-electron chi connectivity index (χ3n) is 5.92. The lowest BCUT2D eigenvalue weighted by atomic mass is 10.0. The van der Waals surface area contributed by atoms with Gasteiger partial charge in [-0.25, -0.2) is 13.2 Å². The Bertz CT molecular complexity index is 1440. The SMILES string of the molecule is CC(C)C(C(=O)O)N1Cc2cc(-c3ccc(NS(=O)(=O)c4ccc(C#N)cc4)cc3)ccc2C1=O. The van der Waals surface area contributed by atoms with Gasteiger partial charge in [0.2, 0.25) is 0 Å². The van der Waals surface area contributed by atoms with E-state index in [2.05, 4.69) is 4.72 Å². The van der Waals surface area contributed by atoms with Gasteiger partial charge >= 0.3 is 5.97 Å². The van der Waals surface area contributed by atoms with Gasteiger partial charge < -0.3 is 10.0 Å². The van der Waals surface area contributed by atoms with Gasteiger partial charge in [-0.2, -0.15) is 5.26 Å². The zero-order valence-electron chi connectivity index (χ0n) is 19.1. The Morgan fingerprint density at radius 2 is 1.66 bits per heavy atom. The molecule has 3 aromatic carbocycles. The molecule has 1 heterocycles. The van der Waals surface area contributed by atoms with E-state index in [-0.39, 0.29) is 23.3 Å². The normalized spacial score (nSPS) is 13.9. The van der Waals surface area contributed by atoms with E-state index >= 15 is 0 Å². The van der Waals surface area contributed by atoms with Gasteiger partial charge in [-0.05, 0) is 71.1 Å². The molecule has 2 N–H and O–H groups in total. The minimum Gasteiger partial charge on any atom is -0.480 e. The molecule has 1 unspecified atom stereocenters. The molecule has 0 fully saturated rings. The van der Waals surface area contributed by atoms with Crippen LogP contribution in [-0.4, -0.2) is 36.3 Å². The summed E-state index contributed by atoms with van der Waals surface area (Å²) < 4.78 is 27.8. The highest BCUT2D eigenvalue weighted by molar-refractivity contribution is 7.92. The zero-order chi connectivity index (χ0) is 25.3. The standard InChI is InChI=1S/C26H23N3O5S/c1-16(2)24(26(31)32)29-15-20-13-19(7-12-23(20)25(29)30)18-5-8-21(9-6-18)28-35(33,34)22-10-3-17(14-27)4-11-22/h3-13,16,24,28H,15H2,1-2H3,(H,31,32). The fourth-order valence-electron chi connectivity index (χ4n) is 4.18. The molecule has 35 heavy (non-hydrogen) atoms. The van der Waals surface area contributed by atoms with Crippen LogP contribution in [0.2, 0.25) is 0 Å². The van der Waals surface area contributed by atoms with Crippen LogP contribution in [0.5, 0.6) is 0 Å². The van der Waals surface area contributed by atoms with Crippen LogP contribution in [0.15, 0.2) is 71.6 Å². The number of amides is 1. The summed E-state index contributed by atoms with van der Waals surface area (Å²) in [6, 6.07) is 18.8. The molecule has 0 aromatic heterocycles. The Morgan fingerprint density at radius 1 is 1.03 bits per heavy atom. The van der Waals surface area contributed by atoms with Gasteiger partial charge in [-0.15, -0.1) is 0 Å². The van der Waals surface area contributed by atoms with Crippen molar-refractivity contribution < 1.29 is 23.1 Å². The van der Waals surface area contributed by atoms with Crippen LogP contribution in [0.1, 0.15) is 35.3 Å². The van der Waals surface area contributed by atoms with Gasteiger partial charge in [-0.3, -0.25) is 9.52 Å². The van der Waals surface area contributed by atoms with Gasteiger partial charge in [0.25, 0.3) is 15.9 Å². The molecule has 0 aliphatic carbocycles. The lowest BCUT2D eigenvalue weighted by Crippen LogP contribution is -2.44. The topological polar surface area (TPSA) is 128 Å². The van der Waals surface area contributed by atoms with Gasteiger partial charge in [0.05, 0.1) is 16.5 Å². The predicted molar refractivity (Wildman–Crippen MR) is 130 cm³/mol. The van der Waals surface area contributed by atoms with Crippen molar-refractivity contribution in [3.8, 4) is 17.2 Å². The molecule has 1 atom stereocenters. The molecule has 1 amide bonds. The monoisotopic (exact) mass is 489 g/mol. The number of benzene rings is 3. The van der Waals surface area contributed by atoms with E-state index < -0.39 is 22.0 Å². The number of hydrogen-bond donors (Lipinski definition) is 2. The number of carboxylic acid groups (broad SMARTS) is 1. The average Bonchev–Trinajstić information content (AvgIpc) is 3.14. The number of nitrogens with one attached hydrogen (secondary N) is 1. The number of rotatable bonds is 7. The Labute approximate surface area is 203 Å². The maximum absolute atomic E-state index is 12.8. The number of aliphatic carboxylic acids is 1. The van der Waals surface area contributed by atoms with E-state index in [0.29, 0.717) is 16.8 Å². The highest BCUT2D eigenvalue weighted by Crippen LogP contribution is 2.32. The van der Waals surface area contributed by atoms with Gasteiger partial charge in [-0.1, -0.05) is 32.0 Å². The summed E-state index contributed by atoms with van der Waals surface area (Å²) >= 11 is 0. The highest BCUT2D eigenvalue weighted by Gasteiger charge is 2.38. The van der Waals surface area contributed by atoms with Crippen LogP contribution in [0.3, 0.4) is 0 Å². The molecule has 9 heteroatoms. The van der Waals surface area contributed by atoms with Crippen molar-refractivity contribution in [2.45, 2.75) is 31.3 Å².